The van der Waals surface area contributed by atoms with Crippen LogP contribution in [0.3, 0.4) is 0 Å². The Labute approximate surface area is 227 Å². The standard InChI is InChI=1S/C30H29ClN4OS/c31-27-20-28(35-16-7-8-17-35)34-30(33-27)37-21-23-12-9-15-25(18-23)29(36)32-26(24-13-5-2-6-14-24)19-22-10-3-1-4-11-22/h1-6,9-15,18,20,26H,7-8,16-17,19,21H2,(H,32,36). The molecule has 1 N–H and O–H groups in total. The van der Waals surface area contributed by atoms with E-state index in [0.717, 1.165) is 36.5 Å². The molecule has 0 spiro atoms. The van der Waals surface area contributed by atoms with E-state index in [9.17, 15) is 4.79 Å². The van der Waals surface area contributed by atoms with E-state index in [1.54, 1.807) is 0 Å². The molecule has 2 heterocycles. The van der Waals surface area contributed by atoms with Crippen LogP contribution in [0.1, 0.15) is 45.9 Å². The number of benzene rings is 3. The summed E-state index contributed by atoms with van der Waals surface area (Å²) in [4.78, 5) is 24.7. The maximum absolute atomic E-state index is 13.3. The van der Waals surface area contributed by atoms with Crippen LogP contribution in [0.25, 0.3) is 0 Å². The van der Waals surface area contributed by atoms with Gasteiger partial charge in [-0.15, -0.1) is 0 Å². The second-order valence-corrected chi connectivity index (χ2v) is 10.5. The number of carbonyl (C=O) groups is 1. The highest BCUT2D eigenvalue weighted by Gasteiger charge is 2.18. The van der Waals surface area contributed by atoms with Gasteiger partial charge in [-0.1, -0.05) is 96.2 Å². The van der Waals surface area contributed by atoms with Gasteiger partial charge in [-0.05, 0) is 48.1 Å². The average Bonchev–Trinajstić information content (AvgIpc) is 3.48. The normalized spacial score (nSPS) is 13.9. The molecule has 0 aliphatic carbocycles. The molecule has 5 nitrogen and oxygen atoms in total. The van der Waals surface area contributed by atoms with Crippen LogP contribution < -0.4 is 10.2 Å². The van der Waals surface area contributed by atoms with Gasteiger partial charge in [-0.2, -0.15) is 0 Å². The van der Waals surface area contributed by atoms with Gasteiger partial charge in [-0.25, -0.2) is 9.97 Å². The lowest BCUT2D eigenvalue weighted by atomic mass is 9.98. The molecule has 0 saturated carbocycles. The van der Waals surface area contributed by atoms with Gasteiger partial charge in [0.15, 0.2) is 5.16 Å². The van der Waals surface area contributed by atoms with Crippen LogP contribution in [0.15, 0.2) is 96.2 Å². The molecule has 188 valence electrons. The third-order valence-electron chi connectivity index (χ3n) is 6.44. The zero-order valence-electron chi connectivity index (χ0n) is 20.5. The van der Waals surface area contributed by atoms with Crippen LogP contribution in [0, 0.1) is 0 Å². The molecule has 37 heavy (non-hydrogen) atoms. The van der Waals surface area contributed by atoms with E-state index in [0.29, 0.717) is 21.6 Å². The Morgan fingerprint density at radius 3 is 2.35 bits per heavy atom. The molecular weight excluding hydrogens is 500 g/mol. The fourth-order valence-corrected chi connectivity index (χ4v) is 5.56. The van der Waals surface area contributed by atoms with Crippen LogP contribution >= 0.6 is 23.4 Å². The highest BCUT2D eigenvalue weighted by Crippen LogP contribution is 2.27. The Morgan fingerprint density at radius 2 is 1.59 bits per heavy atom. The third-order valence-corrected chi connectivity index (χ3v) is 7.55. The van der Waals surface area contributed by atoms with Gasteiger partial charge in [-0.3, -0.25) is 4.79 Å². The van der Waals surface area contributed by atoms with E-state index in [4.69, 9.17) is 16.6 Å². The van der Waals surface area contributed by atoms with Crippen LogP contribution in [-0.4, -0.2) is 29.0 Å². The molecule has 3 aromatic carbocycles. The summed E-state index contributed by atoms with van der Waals surface area (Å²) in [6, 6.07) is 29.8. The highest BCUT2D eigenvalue weighted by atomic mass is 35.5. The predicted molar refractivity (Wildman–Crippen MR) is 151 cm³/mol. The summed E-state index contributed by atoms with van der Waals surface area (Å²) < 4.78 is 0. The first-order valence-electron chi connectivity index (χ1n) is 12.5. The summed E-state index contributed by atoms with van der Waals surface area (Å²) in [5.41, 5.74) is 3.93. The average molecular weight is 529 g/mol. The Bertz CT molecular complexity index is 1330. The number of thioether (sulfide) groups is 1. The predicted octanol–water partition coefficient (Wildman–Crippen LogP) is 6.74. The van der Waals surface area contributed by atoms with Gasteiger partial charge in [0.2, 0.25) is 0 Å². The van der Waals surface area contributed by atoms with E-state index in [-0.39, 0.29) is 11.9 Å². The minimum Gasteiger partial charge on any atom is -0.356 e. The zero-order valence-corrected chi connectivity index (χ0v) is 22.1. The topological polar surface area (TPSA) is 58.1 Å². The quantitative estimate of drug-likeness (QED) is 0.148. The van der Waals surface area contributed by atoms with Crippen molar-refractivity contribution < 1.29 is 4.79 Å². The van der Waals surface area contributed by atoms with Crippen molar-refractivity contribution in [2.24, 2.45) is 0 Å². The molecule has 1 atom stereocenters. The molecule has 7 heteroatoms. The Kier molecular flexibility index (Phi) is 8.39. The number of halogens is 1. The molecule has 1 aliphatic rings. The molecule has 4 aromatic rings. The maximum Gasteiger partial charge on any atom is 0.251 e. The first-order chi connectivity index (χ1) is 18.1. The monoisotopic (exact) mass is 528 g/mol. The van der Waals surface area contributed by atoms with Gasteiger partial charge in [0.05, 0.1) is 6.04 Å². The molecular formula is C30H29ClN4OS. The largest absolute Gasteiger partial charge is 0.356 e. The lowest BCUT2D eigenvalue weighted by Crippen LogP contribution is -2.30. The molecule has 1 saturated heterocycles. The van der Waals surface area contributed by atoms with E-state index < -0.39 is 0 Å². The van der Waals surface area contributed by atoms with E-state index >= 15 is 0 Å². The van der Waals surface area contributed by atoms with Gasteiger partial charge in [0.25, 0.3) is 5.91 Å². The number of amides is 1. The van der Waals surface area contributed by atoms with Gasteiger partial charge >= 0.3 is 0 Å². The molecule has 1 fully saturated rings. The number of hydrogen-bond donors (Lipinski definition) is 1. The van der Waals surface area contributed by atoms with Crippen molar-refractivity contribution in [3.63, 3.8) is 0 Å². The molecule has 0 bridgehead atoms. The summed E-state index contributed by atoms with van der Waals surface area (Å²) in [5, 5.41) is 4.36. The molecule has 1 unspecified atom stereocenters. The SMILES string of the molecule is O=C(NC(Cc1ccccc1)c1ccccc1)c1cccc(CSc2nc(Cl)cc(N3CCCC3)n2)c1. The Hall–Kier alpha value is -3.35. The third kappa shape index (κ3) is 6.90. The first-order valence-corrected chi connectivity index (χ1v) is 13.9. The van der Waals surface area contributed by atoms with Crippen molar-refractivity contribution in [3.8, 4) is 0 Å². The van der Waals surface area contributed by atoms with Crippen molar-refractivity contribution >= 4 is 35.1 Å². The Balaban J connectivity index is 1.27. The number of aromatic nitrogens is 2. The second kappa shape index (κ2) is 12.3. The van der Waals surface area contributed by atoms with Crippen molar-refractivity contribution in [2.45, 2.75) is 36.2 Å². The number of nitrogens with zero attached hydrogens (tertiary/aromatic N) is 3. The molecule has 1 amide bonds. The van der Waals surface area contributed by atoms with Crippen molar-refractivity contribution in [3.05, 3.63) is 118 Å². The number of hydrogen-bond acceptors (Lipinski definition) is 5. The lowest BCUT2D eigenvalue weighted by Gasteiger charge is -2.20. The summed E-state index contributed by atoms with van der Waals surface area (Å²) >= 11 is 7.82. The van der Waals surface area contributed by atoms with Gasteiger partial charge < -0.3 is 10.2 Å². The van der Waals surface area contributed by atoms with Crippen LogP contribution in [0.5, 0.6) is 0 Å². The second-order valence-electron chi connectivity index (χ2n) is 9.14. The fourth-order valence-electron chi connectivity index (χ4n) is 4.54. The van der Waals surface area contributed by atoms with E-state index in [1.165, 1.54) is 30.2 Å². The fraction of sp³-hybridized carbons (Fsp3) is 0.233. The van der Waals surface area contributed by atoms with Crippen LogP contribution in [-0.2, 0) is 12.2 Å². The van der Waals surface area contributed by atoms with E-state index in [2.05, 4.69) is 39.5 Å². The minimum absolute atomic E-state index is 0.0908. The van der Waals surface area contributed by atoms with Gasteiger partial charge in [0, 0.05) is 30.5 Å². The number of nitrogens with one attached hydrogen (secondary N) is 1. The maximum atomic E-state index is 13.3. The Morgan fingerprint density at radius 1 is 0.892 bits per heavy atom. The molecule has 5 rings (SSSR count). The smallest absolute Gasteiger partial charge is 0.251 e. The zero-order chi connectivity index (χ0) is 25.5. The highest BCUT2D eigenvalue weighted by molar-refractivity contribution is 7.98. The first kappa shape index (κ1) is 25.3. The van der Waals surface area contributed by atoms with E-state index in [1.807, 2.05) is 66.7 Å². The summed E-state index contributed by atoms with van der Waals surface area (Å²) in [6.07, 6.45) is 3.07. The summed E-state index contributed by atoms with van der Waals surface area (Å²) in [7, 11) is 0. The van der Waals surface area contributed by atoms with Crippen LogP contribution in [0.2, 0.25) is 5.15 Å². The van der Waals surface area contributed by atoms with Crippen molar-refractivity contribution in [1.29, 1.82) is 0 Å². The summed E-state index contributed by atoms with van der Waals surface area (Å²) in [6.45, 7) is 2.01. The van der Waals surface area contributed by atoms with Crippen molar-refractivity contribution in [2.75, 3.05) is 18.0 Å². The lowest BCUT2D eigenvalue weighted by molar-refractivity contribution is 0.0936. The molecule has 1 aliphatic heterocycles. The van der Waals surface area contributed by atoms with Crippen molar-refractivity contribution in [1.82, 2.24) is 15.3 Å². The number of carbonyl (C=O) groups excluding carboxylic acids is 1. The molecule has 0 radical (unpaired) electrons. The summed E-state index contributed by atoms with van der Waals surface area (Å²) in [5.74, 6) is 1.44. The minimum atomic E-state index is -0.127. The number of rotatable bonds is 9. The number of anilines is 1. The van der Waals surface area contributed by atoms with Crippen LogP contribution in [0.4, 0.5) is 5.82 Å². The molecule has 1 aromatic heterocycles. The van der Waals surface area contributed by atoms with Gasteiger partial charge in [0.1, 0.15) is 11.0 Å².